The minimum absolute atomic E-state index is 0.0384. The Kier molecular flexibility index (Phi) is 6.52. The molecule has 0 spiro atoms. The number of benzene rings is 2. The first-order valence-corrected chi connectivity index (χ1v) is 11.3. The molecule has 3 aromatic rings. The van der Waals surface area contributed by atoms with E-state index in [4.69, 9.17) is 4.74 Å². The van der Waals surface area contributed by atoms with Crippen LogP contribution in [0.5, 0.6) is 0 Å². The predicted octanol–water partition coefficient (Wildman–Crippen LogP) is 1.81. The number of hydrogen-bond donors (Lipinski definition) is 0. The van der Waals surface area contributed by atoms with Crippen molar-refractivity contribution in [2.24, 2.45) is 0 Å². The molecule has 0 saturated carbocycles. The number of para-hydroxylation sites is 1. The average molecular weight is 460 g/mol. The normalized spacial score (nSPS) is 14.7. The van der Waals surface area contributed by atoms with Gasteiger partial charge in [-0.2, -0.15) is 5.26 Å². The van der Waals surface area contributed by atoms with Crippen molar-refractivity contribution in [1.29, 1.82) is 5.26 Å². The molecule has 1 aliphatic rings. The van der Waals surface area contributed by atoms with Gasteiger partial charge in [-0.3, -0.25) is 14.2 Å². The molecule has 0 aliphatic carbocycles. The number of hydrogen-bond acceptors (Lipinski definition) is 6. The summed E-state index contributed by atoms with van der Waals surface area (Å²) in [4.78, 5) is 39.8. The summed E-state index contributed by atoms with van der Waals surface area (Å²) in [6.07, 6.45) is 3.49. The van der Waals surface area contributed by atoms with E-state index in [1.165, 1.54) is 11.7 Å². The van der Waals surface area contributed by atoms with Crippen molar-refractivity contribution in [3.63, 3.8) is 0 Å². The number of amides is 1. The van der Waals surface area contributed by atoms with Crippen LogP contribution in [0.1, 0.15) is 28.8 Å². The third-order valence-electron chi connectivity index (χ3n) is 5.40. The molecule has 7 nitrogen and oxygen atoms in total. The van der Waals surface area contributed by atoms with Crippen LogP contribution in [0, 0.1) is 11.3 Å². The van der Waals surface area contributed by atoms with E-state index in [-0.39, 0.29) is 17.0 Å². The second kappa shape index (κ2) is 9.67. The summed E-state index contributed by atoms with van der Waals surface area (Å²) in [6.45, 7) is 1.22. The molecule has 0 bridgehead atoms. The summed E-state index contributed by atoms with van der Waals surface area (Å²) < 4.78 is 6.82. The molecule has 1 aromatic heterocycles. The second-order valence-corrected chi connectivity index (χ2v) is 8.52. The molecule has 1 fully saturated rings. The lowest BCUT2D eigenvalue weighted by Crippen LogP contribution is -2.35. The van der Waals surface area contributed by atoms with Gasteiger partial charge in [0.15, 0.2) is 5.57 Å². The summed E-state index contributed by atoms with van der Waals surface area (Å²) in [6, 6.07) is 17.7. The van der Waals surface area contributed by atoms with Crippen LogP contribution >= 0.6 is 11.3 Å². The monoisotopic (exact) mass is 459 g/mol. The lowest BCUT2D eigenvalue weighted by Gasteiger charge is -2.14. The Balaban J connectivity index is 1.92. The Bertz CT molecular complexity index is 1410. The van der Waals surface area contributed by atoms with Crippen LogP contribution in [-0.2, 0) is 9.53 Å². The van der Waals surface area contributed by atoms with Crippen molar-refractivity contribution in [2.45, 2.75) is 12.8 Å². The fraction of sp³-hybridized carbons (Fsp3) is 0.200. The van der Waals surface area contributed by atoms with Gasteiger partial charge in [-0.25, -0.2) is 4.79 Å². The summed E-state index contributed by atoms with van der Waals surface area (Å²) in [5.41, 5.74) is 1.33. The number of thiazole rings is 1. The highest BCUT2D eigenvalue weighted by Gasteiger charge is 2.24. The summed E-state index contributed by atoms with van der Waals surface area (Å²) >= 11 is 1.11. The Labute approximate surface area is 194 Å². The zero-order valence-electron chi connectivity index (χ0n) is 18.0. The fourth-order valence-electron chi connectivity index (χ4n) is 3.71. The second-order valence-electron chi connectivity index (χ2n) is 7.49. The third-order valence-corrected chi connectivity index (χ3v) is 6.49. The quantitative estimate of drug-likeness (QED) is 0.555. The highest BCUT2D eigenvalue weighted by Crippen LogP contribution is 2.12. The summed E-state index contributed by atoms with van der Waals surface area (Å²) in [5, 5.41) is 9.88. The van der Waals surface area contributed by atoms with Crippen molar-refractivity contribution in [3.8, 4) is 11.8 Å². The largest absolute Gasteiger partial charge is 0.465 e. The minimum atomic E-state index is -0.444. The number of carbonyl (C=O) groups is 2. The Morgan fingerprint density at radius 1 is 1.06 bits per heavy atom. The van der Waals surface area contributed by atoms with E-state index >= 15 is 0 Å². The van der Waals surface area contributed by atoms with Gasteiger partial charge in [0.05, 0.1) is 22.9 Å². The first-order chi connectivity index (χ1) is 16.0. The maximum Gasteiger partial charge on any atom is 0.337 e. The van der Waals surface area contributed by atoms with Crippen LogP contribution < -0.4 is 14.8 Å². The first-order valence-electron chi connectivity index (χ1n) is 10.4. The molecule has 0 atom stereocenters. The van der Waals surface area contributed by atoms with Crippen LogP contribution in [0.4, 0.5) is 0 Å². The smallest absolute Gasteiger partial charge is 0.337 e. The minimum Gasteiger partial charge on any atom is -0.465 e. The van der Waals surface area contributed by atoms with E-state index in [1.807, 2.05) is 12.1 Å². The number of nitriles is 1. The van der Waals surface area contributed by atoms with E-state index in [0.717, 1.165) is 24.2 Å². The summed E-state index contributed by atoms with van der Waals surface area (Å²) in [7, 11) is 1.31. The van der Waals surface area contributed by atoms with Gasteiger partial charge < -0.3 is 9.64 Å². The van der Waals surface area contributed by atoms with Gasteiger partial charge in [-0.05, 0) is 48.7 Å². The number of aromatic nitrogens is 1. The topological polar surface area (TPSA) is 92.4 Å². The van der Waals surface area contributed by atoms with E-state index < -0.39 is 5.97 Å². The lowest BCUT2D eigenvalue weighted by atomic mass is 10.1. The molecule has 2 aromatic carbocycles. The van der Waals surface area contributed by atoms with Crippen LogP contribution in [0.15, 0.2) is 59.4 Å². The van der Waals surface area contributed by atoms with Gasteiger partial charge in [0.25, 0.3) is 11.5 Å². The van der Waals surface area contributed by atoms with Crippen molar-refractivity contribution in [2.75, 3.05) is 20.2 Å². The number of esters is 1. The van der Waals surface area contributed by atoms with Crippen LogP contribution in [0.25, 0.3) is 17.3 Å². The van der Waals surface area contributed by atoms with Gasteiger partial charge in [-0.1, -0.05) is 30.3 Å². The van der Waals surface area contributed by atoms with Crippen molar-refractivity contribution >= 4 is 34.9 Å². The molecule has 0 N–H and O–H groups in total. The molecular weight excluding hydrogens is 438 g/mol. The molecule has 33 heavy (non-hydrogen) atoms. The van der Waals surface area contributed by atoms with Crippen LogP contribution in [0.2, 0.25) is 0 Å². The maximum absolute atomic E-state index is 13.4. The molecular formula is C25H21N3O4S. The van der Waals surface area contributed by atoms with Gasteiger partial charge in [0, 0.05) is 13.1 Å². The molecule has 8 heteroatoms. The molecule has 1 saturated heterocycles. The van der Waals surface area contributed by atoms with Crippen molar-refractivity contribution < 1.29 is 14.3 Å². The molecule has 1 amide bonds. The molecule has 0 radical (unpaired) electrons. The van der Waals surface area contributed by atoms with Crippen LogP contribution in [0.3, 0.4) is 0 Å². The Morgan fingerprint density at radius 3 is 2.33 bits per heavy atom. The molecule has 166 valence electrons. The molecule has 0 unspecified atom stereocenters. The summed E-state index contributed by atoms with van der Waals surface area (Å²) in [5.74, 6) is -0.796. The van der Waals surface area contributed by atoms with E-state index in [0.29, 0.717) is 39.1 Å². The Hall–Kier alpha value is -3.96. The van der Waals surface area contributed by atoms with E-state index in [2.05, 4.69) is 0 Å². The number of methoxy groups -OCH3 is 1. The van der Waals surface area contributed by atoms with Gasteiger partial charge in [-0.15, -0.1) is 11.3 Å². The number of ether oxygens (including phenoxy) is 1. The SMILES string of the molecule is COC(=O)c1ccc(/C=c2\s/c(=C(/C#N)C(=O)N3CCCC3)n(-c3ccccc3)c2=O)cc1. The standard InChI is InChI=1S/C25H21N3O4S/c1-32-25(31)18-11-9-17(10-12-18)15-21-23(30)28(19-7-3-2-4-8-19)24(33-21)20(16-26)22(29)27-13-5-6-14-27/h2-4,7-12,15H,5-6,13-14H2,1H3/b21-15-,24-20-. The zero-order chi connectivity index (χ0) is 23.4. The maximum atomic E-state index is 13.4. The molecule has 2 heterocycles. The number of nitrogens with zero attached hydrogens (tertiary/aromatic N) is 3. The zero-order valence-corrected chi connectivity index (χ0v) is 18.8. The Morgan fingerprint density at radius 2 is 1.73 bits per heavy atom. The van der Waals surface area contributed by atoms with Gasteiger partial charge >= 0.3 is 5.97 Å². The first kappa shape index (κ1) is 22.2. The highest BCUT2D eigenvalue weighted by atomic mass is 32.1. The molecule has 1 aliphatic heterocycles. The third kappa shape index (κ3) is 4.49. The van der Waals surface area contributed by atoms with Crippen molar-refractivity contribution in [1.82, 2.24) is 9.47 Å². The van der Waals surface area contributed by atoms with Crippen LogP contribution in [-0.4, -0.2) is 41.5 Å². The number of rotatable bonds is 4. The average Bonchev–Trinajstić information content (AvgIpc) is 3.49. The van der Waals surface area contributed by atoms with E-state index in [1.54, 1.807) is 59.5 Å². The number of carbonyl (C=O) groups excluding carboxylic acids is 2. The van der Waals surface area contributed by atoms with Crippen molar-refractivity contribution in [3.05, 3.63) is 85.3 Å². The fourth-order valence-corrected chi connectivity index (χ4v) is 4.81. The van der Waals surface area contributed by atoms with Gasteiger partial charge in [0.1, 0.15) is 10.7 Å². The van der Waals surface area contributed by atoms with Gasteiger partial charge in [0.2, 0.25) is 0 Å². The number of likely N-dealkylation sites (tertiary alicyclic amines) is 1. The van der Waals surface area contributed by atoms with E-state index in [9.17, 15) is 19.6 Å². The molecule has 4 rings (SSSR count). The predicted molar refractivity (Wildman–Crippen MR) is 125 cm³/mol. The highest BCUT2D eigenvalue weighted by molar-refractivity contribution is 7.07. The lowest BCUT2D eigenvalue weighted by molar-refractivity contribution is -0.123.